The van der Waals surface area contributed by atoms with Gasteiger partial charge in [-0.25, -0.2) is 0 Å². The predicted octanol–water partition coefficient (Wildman–Crippen LogP) is 2.17. The van der Waals surface area contributed by atoms with Crippen LogP contribution in [0.5, 0.6) is 0 Å². The first-order valence-electron chi connectivity index (χ1n) is 5.11. The summed E-state index contributed by atoms with van der Waals surface area (Å²) in [7, 11) is 0. The van der Waals surface area contributed by atoms with Crippen LogP contribution in [0.1, 0.15) is 12.0 Å². The quantitative estimate of drug-likeness (QED) is 0.814. The van der Waals surface area contributed by atoms with Crippen molar-refractivity contribution in [1.29, 1.82) is 0 Å². The van der Waals surface area contributed by atoms with Gasteiger partial charge in [-0.05, 0) is 18.6 Å². The molecule has 0 saturated carbocycles. The van der Waals surface area contributed by atoms with E-state index in [9.17, 15) is 0 Å². The molecule has 1 heterocycles. The van der Waals surface area contributed by atoms with E-state index in [0.29, 0.717) is 28.2 Å². The summed E-state index contributed by atoms with van der Waals surface area (Å²) in [4.78, 5) is 0.312. The first-order valence-corrected chi connectivity index (χ1v) is 5.89. The second-order valence-electron chi connectivity index (χ2n) is 3.73. The summed E-state index contributed by atoms with van der Waals surface area (Å²) in [5.41, 5.74) is 7.26. The molecule has 3 nitrogen and oxygen atoms in total. The molecule has 1 fully saturated rings. The molecule has 1 aromatic rings. The third kappa shape index (κ3) is 2.45. The molecule has 1 saturated heterocycles. The van der Waals surface area contributed by atoms with E-state index in [2.05, 4.69) is 5.32 Å². The Kier molecular flexibility index (Phi) is 3.63. The van der Waals surface area contributed by atoms with Crippen molar-refractivity contribution in [3.8, 4) is 0 Å². The first-order chi connectivity index (χ1) is 7.68. The fourth-order valence-electron chi connectivity index (χ4n) is 1.76. The van der Waals surface area contributed by atoms with Gasteiger partial charge < -0.3 is 15.8 Å². The van der Waals surface area contributed by atoms with Crippen LogP contribution in [-0.4, -0.2) is 24.2 Å². The van der Waals surface area contributed by atoms with Gasteiger partial charge in [0.2, 0.25) is 0 Å². The van der Waals surface area contributed by atoms with Gasteiger partial charge in [0.1, 0.15) is 4.99 Å². The van der Waals surface area contributed by atoms with Crippen molar-refractivity contribution in [1.82, 2.24) is 0 Å². The summed E-state index contributed by atoms with van der Waals surface area (Å²) in [6.07, 6.45) is 0.989. The van der Waals surface area contributed by atoms with E-state index in [1.165, 1.54) is 0 Å². The minimum absolute atomic E-state index is 0.312. The highest BCUT2D eigenvalue weighted by Crippen LogP contribution is 2.25. The number of hydrogen-bond donors (Lipinski definition) is 2. The second kappa shape index (κ2) is 4.99. The molecule has 1 aliphatic heterocycles. The summed E-state index contributed by atoms with van der Waals surface area (Å²) in [5, 5.41) is 3.93. The Morgan fingerprint density at radius 3 is 3.00 bits per heavy atom. The largest absolute Gasteiger partial charge is 0.389 e. The summed E-state index contributed by atoms with van der Waals surface area (Å²) >= 11 is 11.1. The Hall–Kier alpha value is -0.840. The van der Waals surface area contributed by atoms with E-state index >= 15 is 0 Å². The van der Waals surface area contributed by atoms with Gasteiger partial charge in [-0.3, -0.25) is 0 Å². The molecule has 0 bridgehead atoms. The van der Waals surface area contributed by atoms with Crippen LogP contribution in [0.15, 0.2) is 18.2 Å². The molecule has 0 spiro atoms. The predicted molar refractivity (Wildman–Crippen MR) is 70.2 cm³/mol. The van der Waals surface area contributed by atoms with Gasteiger partial charge in [-0.15, -0.1) is 0 Å². The molecule has 0 radical (unpaired) electrons. The maximum Gasteiger partial charge on any atom is 0.107 e. The zero-order chi connectivity index (χ0) is 11.5. The molecule has 0 aliphatic carbocycles. The van der Waals surface area contributed by atoms with Crippen molar-refractivity contribution in [2.24, 2.45) is 5.73 Å². The standard InChI is InChI=1S/C11H13ClN2OS/c12-8-2-1-3-9(10(8)11(13)16)14-7-4-5-15-6-7/h1-3,7,14H,4-6H2,(H2,13,16). The van der Waals surface area contributed by atoms with Gasteiger partial charge in [0.05, 0.1) is 23.2 Å². The third-order valence-corrected chi connectivity index (χ3v) is 3.07. The lowest BCUT2D eigenvalue weighted by molar-refractivity contribution is 0.195. The number of thiocarbonyl (C=S) groups is 1. The molecule has 1 atom stereocenters. The molecule has 5 heteroatoms. The molecular formula is C11H13ClN2OS. The number of benzene rings is 1. The number of nitrogens with two attached hydrogens (primary N) is 1. The van der Waals surface area contributed by atoms with E-state index in [1.54, 1.807) is 6.07 Å². The zero-order valence-electron chi connectivity index (χ0n) is 8.70. The van der Waals surface area contributed by atoms with Crippen LogP contribution in [0.4, 0.5) is 5.69 Å². The van der Waals surface area contributed by atoms with Gasteiger partial charge in [0.25, 0.3) is 0 Å². The number of nitrogens with one attached hydrogen (secondary N) is 1. The first kappa shape index (κ1) is 11.6. The van der Waals surface area contributed by atoms with Gasteiger partial charge in [0.15, 0.2) is 0 Å². The minimum atomic E-state index is 0.312. The topological polar surface area (TPSA) is 47.3 Å². The molecular weight excluding hydrogens is 244 g/mol. The van der Waals surface area contributed by atoms with Crippen molar-refractivity contribution in [2.45, 2.75) is 12.5 Å². The maximum atomic E-state index is 6.07. The molecule has 2 rings (SSSR count). The van der Waals surface area contributed by atoms with Crippen LogP contribution in [0.25, 0.3) is 0 Å². The van der Waals surface area contributed by atoms with Crippen LogP contribution in [0.2, 0.25) is 5.02 Å². The monoisotopic (exact) mass is 256 g/mol. The summed E-state index contributed by atoms with van der Waals surface area (Å²) in [5.74, 6) is 0. The smallest absolute Gasteiger partial charge is 0.107 e. The van der Waals surface area contributed by atoms with E-state index in [1.807, 2.05) is 12.1 Å². The highest BCUT2D eigenvalue weighted by molar-refractivity contribution is 7.80. The SMILES string of the molecule is NC(=S)c1c(Cl)cccc1NC1CCOC1. The summed E-state index contributed by atoms with van der Waals surface area (Å²) in [6, 6.07) is 5.90. The molecule has 1 unspecified atom stereocenters. The van der Waals surface area contributed by atoms with Crippen LogP contribution >= 0.6 is 23.8 Å². The molecule has 1 aromatic carbocycles. The van der Waals surface area contributed by atoms with Crippen molar-refractivity contribution in [3.63, 3.8) is 0 Å². The molecule has 3 N–H and O–H groups in total. The molecule has 1 aliphatic rings. The number of ether oxygens (including phenoxy) is 1. The van der Waals surface area contributed by atoms with Crippen molar-refractivity contribution < 1.29 is 4.74 Å². The van der Waals surface area contributed by atoms with Crippen LogP contribution in [-0.2, 0) is 4.74 Å². The lowest BCUT2D eigenvalue weighted by Crippen LogP contribution is -2.22. The van der Waals surface area contributed by atoms with E-state index in [-0.39, 0.29) is 0 Å². The number of anilines is 1. The van der Waals surface area contributed by atoms with Crippen LogP contribution < -0.4 is 11.1 Å². The van der Waals surface area contributed by atoms with E-state index in [0.717, 1.165) is 18.7 Å². The molecule has 0 aromatic heterocycles. The Labute approximate surface area is 105 Å². The zero-order valence-corrected chi connectivity index (χ0v) is 10.3. The maximum absolute atomic E-state index is 6.07. The molecule has 16 heavy (non-hydrogen) atoms. The van der Waals surface area contributed by atoms with Crippen LogP contribution in [0.3, 0.4) is 0 Å². The van der Waals surface area contributed by atoms with Crippen LogP contribution in [0, 0.1) is 0 Å². The Morgan fingerprint density at radius 2 is 2.38 bits per heavy atom. The fraction of sp³-hybridized carbons (Fsp3) is 0.364. The Bertz CT molecular complexity index is 405. The molecule has 0 amide bonds. The van der Waals surface area contributed by atoms with Crippen molar-refractivity contribution in [2.75, 3.05) is 18.5 Å². The second-order valence-corrected chi connectivity index (χ2v) is 4.58. The van der Waals surface area contributed by atoms with Gasteiger partial charge in [0, 0.05) is 12.3 Å². The van der Waals surface area contributed by atoms with Crippen molar-refractivity contribution >= 4 is 34.5 Å². The third-order valence-electron chi connectivity index (χ3n) is 2.55. The average Bonchev–Trinajstić information content (AvgIpc) is 2.70. The van der Waals surface area contributed by atoms with Gasteiger partial charge in [-0.2, -0.15) is 0 Å². The average molecular weight is 257 g/mol. The fourth-order valence-corrected chi connectivity index (χ4v) is 2.32. The van der Waals surface area contributed by atoms with E-state index < -0.39 is 0 Å². The molecule has 86 valence electrons. The number of hydrogen-bond acceptors (Lipinski definition) is 3. The Balaban J connectivity index is 2.25. The van der Waals surface area contributed by atoms with Gasteiger partial charge in [-0.1, -0.05) is 29.9 Å². The lowest BCUT2D eigenvalue weighted by atomic mass is 10.1. The normalized spacial score (nSPS) is 19.7. The van der Waals surface area contributed by atoms with Gasteiger partial charge >= 0.3 is 0 Å². The highest BCUT2D eigenvalue weighted by atomic mass is 35.5. The minimum Gasteiger partial charge on any atom is -0.389 e. The van der Waals surface area contributed by atoms with Crippen molar-refractivity contribution in [3.05, 3.63) is 28.8 Å². The number of rotatable bonds is 3. The Morgan fingerprint density at radius 1 is 1.56 bits per heavy atom. The highest BCUT2D eigenvalue weighted by Gasteiger charge is 2.18. The number of halogens is 1. The summed E-state index contributed by atoms with van der Waals surface area (Å²) < 4.78 is 5.30. The lowest BCUT2D eigenvalue weighted by Gasteiger charge is -2.16. The summed E-state index contributed by atoms with van der Waals surface area (Å²) in [6.45, 7) is 1.50. The van der Waals surface area contributed by atoms with E-state index in [4.69, 9.17) is 34.3 Å².